The van der Waals surface area contributed by atoms with E-state index in [2.05, 4.69) is 0 Å². The molecule has 0 unspecified atom stereocenters. The summed E-state index contributed by atoms with van der Waals surface area (Å²) in [5.74, 6) is -0.943. The van der Waals surface area contributed by atoms with Crippen molar-refractivity contribution < 1.29 is 14.6 Å². The van der Waals surface area contributed by atoms with Crippen LogP contribution in [0.5, 0.6) is 0 Å². The van der Waals surface area contributed by atoms with Crippen molar-refractivity contribution in [1.29, 1.82) is 0 Å². The van der Waals surface area contributed by atoms with E-state index < -0.39 is 5.97 Å². The van der Waals surface area contributed by atoms with Gasteiger partial charge in [-0.15, -0.1) is 0 Å². The van der Waals surface area contributed by atoms with Crippen molar-refractivity contribution >= 4 is 17.6 Å². The summed E-state index contributed by atoms with van der Waals surface area (Å²) in [5.41, 5.74) is 1.89. The molecule has 0 spiro atoms. The summed E-state index contributed by atoms with van der Waals surface area (Å²) >= 11 is 5.87. The smallest absolute Gasteiger partial charge is 0.336 e. The van der Waals surface area contributed by atoms with Gasteiger partial charge in [-0.3, -0.25) is 0 Å². The van der Waals surface area contributed by atoms with Crippen LogP contribution in [0.1, 0.15) is 21.5 Å². The van der Waals surface area contributed by atoms with Crippen LogP contribution in [-0.4, -0.2) is 11.1 Å². The lowest BCUT2D eigenvalue weighted by Crippen LogP contribution is -2.04. The molecular weight excluding hydrogens is 264 g/mol. The van der Waals surface area contributed by atoms with Crippen LogP contribution in [0.2, 0.25) is 5.02 Å². The molecule has 0 aliphatic rings. The van der Waals surface area contributed by atoms with Gasteiger partial charge in [0.15, 0.2) is 0 Å². The van der Waals surface area contributed by atoms with Crippen molar-refractivity contribution in [1.82, 2.24) is 0 Å². The lowest BCUT2D eigenvalue weighted by Gasteiger charge is -2.07. The minimum absolute atomic E-state index is 0.259. The molecule has 0 aromatic heterocycles. The van der Waals surface area contributed by atoms with Crippen LogP contribution in [0.3, 0.4) is 0 Å². The summed E-state index contributed by atoms with van der Waals surface area (Å²) in [6.45, 7) is 0.656. The number of carboxylic acid groups (broad SMARTS) is 1. The Morgan fingerprint density at radius 2 is 1.89 bits per heavy atom. The van der Waals surface area contributed by atoms with Crippen molar-refractivity contribution in [3.8, 4) is 0 Å². The van der Waals surface area contributed by atoms with Gasteiger partial charge in [0.25, 0.3) is 0 Å². The highest BCUT2D eigenvalue weighted by Crippen LogP contribution is 2.14. The molecular formula is C15H13ClO3. The predicted molar refractivity (Wildman–Crippen MR) is 73.3 cm³/mol. The Bertz CT molecular complexity index is 581. The first-order valence-electron chi connectivity index (χ1n) is 5.80. The van der Waals surface area contributed by atoms with Crippen molar-refractivity contribution in [2.45, 2.75) is 13.2 Å². The van der Waals surface area contributed by atoms with Gasteiger partial charge in [-0.1, -0.05) is 41.9 Å². The number of rotatable bonds is 5. The van der Waals surface area contributed by atoms with E-state index in [-0.39, 0.29) is 12.2 Å². The van der Waals surface area contributed by atoms with Crippen LogP contribution in [0, 0.1) is 0 Å². The fourth-order valence-corrected chi connectivity index (χ4v) is 1.97. The molecule has 0 heterocycles. The summed E-state index contributed by atoms with van der Waals surface area (Å²) in [5, 5.41) is 9.70. The molecule has 2 rings (SSSR count). The van der Waals surface area contributed by atoms with Gasteiger partial charge in [0, 0.05) is 5.02 Å². The highest BCUT2D eigenvalue weighted by molar-refractivity contribution is 6.30. The Labute approximate surface area is 116 Å². The van der Waals surface area contributed by atoms with Crippen LogP contribution in [0.4, 0.5) is 0 Å². The third-order valence-electron chi connectivity index (χ3n) is 2.66. The zero-order valence-electron chi connectivity index (χ0n) is 10.2. The molecule has 19 heavy (non-hydrogen) atoms. The van der Waals surface area contributed by atoms with E-state index in [4.69, 9.17) is 21.4 Å². The molecule has 2 aromatic carbocycles. The lowest BCUT2D eigenvalue weighted by molar-refractivity contribution is 0.0684. The molecule has 0 amide bonds. The molecule has 0 atom stereocenters. The number of hydrogen-bond donors (Lipinski definition) is 1. The Kier molecular flexibility index (Phi) is 4.55. The number of hydrogen-bond acceptors (Lipinski definition) is 2. The first-order valence-corrected chi connectivity index (χ1v) is 6.18. The Balaban J connectivity index is 1.98. The van der Waals surface area contributed by atoms with Crippen molar-refractivity contribution in [2.75, 3.05) is 0 Å². The quantitative estimate of drug-likeness (QED) is 0.904. The number of carboxylic acids is 1. The number of ether oxygens (including phenoxy) is 1. The van der Waals surface area contributed by atoms with Gasteiger partial charge in [0.1, 0.15) is 0 Å². The summed E-state index contributed by atoms with van der Waals surface area (Å²) in [6, 6.07) is 14.2. The van der Waals surface area contributed by atoms with Crippen molar-refractivity contribution in [2.24, 2.45) is 0 Å². The van der Waals surface area contributed by atoms with Crippen LogP contribution >= 0.6 is 11.6 Å². The maximum Gasteiger partial charge on any atom is 0.336 e. The molecule has 0 saturated heterocycles. The Hall–Kier alpha value is -1.84. The molecule has 0 aliphatic heterocycles. The molecule has 2 aromatic rings. The number of aromatic carboxylic acids is 1. The molecule has 3 nitrogen and oxygen atoms in total. The average Bonchev–Trinajstić information content (AvgIpc) is 2.39. The van der Waals surface area contributed by atoms with Crippen LogP contribution in [-0.2, 0) is 18.0 Å². The monoisotopic (exact) mass is 276 g/mol. The maximum atomic E-state index is 11.0. The molecule has 0 radical (unpaired) electrons. The maximum absolute atomic E-state index is 11.0. The highest BCUT2D eigenvalue weighted by atomic mass is 35.5. The zero-order valence-corrected chi connectivity index (χ0v) is 10.9. The molecule has 0 fully saturated rings. The first-order chi connectivity index (χ1) is 9.16. The second kappa shape index (κ2) is 6.36. The van der Waals surface area contributed by atoms with Crippen LogP contribution in [0.25, 0.3) is 0 Å². The lowest BCUT2D eigenvalue weighted by atomic mass is 10.1. The van der Waals surface area contributed by atoms with Crippen molar-refractivity contribution in [3.05, 3.63) is 70.2 Å². The summed E-state index contributed by atoms with van der Waals surface area (Å²) in [7, 11) is 0. The standard InChI is InChI=1S/C15H13ClO3/c16-13-6-3-4-11(8-13)9-19-10-12-5-1-2-7-14(12)15(17)18/h1-8H,9-10H2,(H,17,18). The molecule has 1 N–H and O–H groups in total. The third kappa shape index (κ3) is 3.81. The minimum Gasteiger partial charge on any atom is -0.478 e. The highest BCUT2D eigenvalue weighted by Gasteiger charge is 2.08. The third-order valence-corrected chi connectivity index (χ3v) is 2.90. The minimum atomic E-state index is -0.943. The number of halogens is 1. The van der Waals surface area contributed by atoms with E-state index in [9.17, 15) is 4.79 Å². The Morgan fingerprint density at radius 1 is 1.11 bits per heavy atom. The van der Waals surface area contributed by atoms with Crippen LogP contribution < -0.4 is 0 Å². The van der Waals surface area contributed by atoms with Gasteiger partial charge < -0.3 is 9.84 Å². The zero-order chi connectivity index (χ0) is 13.7. The summed E-state index contributed by atoms with van der Waals surface area (Å²) in [4.78, 5) is 11.0. The van der Waals surface area contributed by atoms with Gasteiger partial charge in [-0.25, -0.2) is 4.79 Å². The van der Waals surface area contributed by atoms with E-state index in [0.29, 0.717) is 17.2 Å². The average molecular weight is 277 g/mol. The molecule has 0 bridgehead atoms. The van der Waals surface area contributed by atoms with E-state index in [1.165, 1.54) is 0 Å². The molecule has 0 saturated carbocycles. The van der Waals surface area contributed by atoms with Crippen molar-refractivity contribution in [3.63, 3.8) is 0 Å². The fraction of sp³-hybridized carbons (Fsp3) is 0.133. The summed E-state index contributed by atoms with van der Waals surface area (Å²) in [6.07, 6.45) is 0. The number of carbonyl (C=O) groups is 1. The van der Waals surface area contributed by atoms with E-state index >= 15 is 0 Å². The molecule has 98 valence electrons. The molecule has 0 aliphatic carbocycles. The normalized spacial score (nSPS) is 10.4. The van der Waals surface area contributed by atoms with Crippen LogP contribution in [0.15, 0.2) is 48.5 Å². The summed E-state index contributed by atoms with van der Waals surface area (Å²) < 4.78 is 5.53. The SMILES string of the molecule is O=C(O)c1ccccc1COCc1cccc(Cl)c1. The van der Waals surface area contributed by atoms with Gasteiger partial charge in [-0.05, 0) is 29.3 Å². The molecule has 4 heteroatoms. The van der Waals surface area contributed by atoms with E-state index in [0.717, 1.165) is 5.56 Å². The largest absolute Gasteiger partial charge is 0.478 e. The second-order valence-electron chi connectivity index (χ2n) is 4.09. The van der Waals surface area contributed by atoms with Gasteiger partial charge >= 0.3 is 5.97 Å². The van der Waals surface area contributed by atoms with E-state index in [1.54, 1.807) is 30.3 Å². The van der Waals surface area contributed by atoms with Gasteiger partial charge in [0.05, 0.1) is 18.8 Å². The van der Waals surface area contributed by atoms with E-state index in [1.807, 2.05) is 18.2 Å². The fourth-order valence-electron chi connectivity index (χ4n) is 1.76. The number of benzene rings is 2. The first kappa shape index (κ1) is 13.6. The van der Waals surface area contributed by atoms with Gasteiger partial charge in [0.2, 0.25) is 0 Å². The predicted octanol–water partition coefficient (Wildman–Crippen LogP) is 3.76. The van der Waals surface area contributed by atoms with Gasteiger partial charge in [-0.2, -0.15) is 0 Å². The second-order valence-corrected chi connectivity index (χ2v) is 4.52. The Morgan fingerprint density at radius 3 is 2.63 bits per heavy atom. The topological polar surface area (TPSA) is 46.5 Å².